The largest absolute Gasteiger partial charge is 0.351 e. The predicted molar refractivity (Wildman–Crippen MR) is 212 cm³/mol. The number of anilines is 4. The molecule has 362 valence electrons. The van der Waals surface area contributed by atoms with Crippen LogP contribution in [0.25, 0.3) is 11.1 Å². The van der Waals surface area contributed by atoms with Crippen LogP contribution in [0.4, 0.5) is 125 Å². The second-order valence-electron chi connectivity index (χ2n) is 15.3. The summed E-state index contributed by atoms with van der Waals surface area (Å²) in [6.07, 6.45) is 3.28. The van der Waals surface area contributed by atoms with Gasteiger partial charge in [-0.05, 0) is 58.9 Å². The monoisotopic (exact) mass is 992 g/mol. The first kappa shape index (κ1) is 49.8. The molecular formula is C45H26F18N6. The van der Waals surface area contributed by atoms with Gasteiger partial charge in [-0.1, -0.05) is 51.7 Å². The Hall–Kier alpha value is -7.14. The molecular weight excluding hydrogens is 967 g/mol. The SMILES string of the molecule is CCCCC(CC)CC1c2cc(Nc3c(F)c(F)c(N=Nc4c(F)c(F)c(F)c(F)c4F)c(F)c3F)ccc2-c2ccc(Nc3c(F)c(F)c(N=Nc4c(F)c(F)c(F)c(F)c4F)c(F)c3F)cc21. The van der Waals surface area contributed by atoms with Crippen LogP contribution in [0.1, 0.15) is 63.0 Å². The number of benzene rings is 6. The van der Waals surface area contributed by atoms with Crippen LogP contribution in [0.5, 0.6) is 0 Å². The van der Waals surface area contributed by atoms with Crippen LogP contribution >= 0.6 is 0 Å². The average molecular weight is 993 g/mol. The Bertz CT molecular complexity index is 2830. The first-order valence-corrected chi connectivity index (χ1v) is 20.0. The van der Waals surface area contributed by atoms with Crippen molar-refractivity contribution < 1.29 is 79.0 Å². The van der Waals surface area contributed by atoms with Crippen molar-refractivity contribution in [2.45, 2.75) is 51.9 Å². The summed E-state index contributed by atoms with van der Waals surface area (Å²) in [5, 5.41) is 15.0. The first-order valence-electron chi connectivity index (χ1n) is 20.0. The summed E-state index contributed by atoms with van der Waals surface area (Å²) in [5.74, 6) is -43.9. The average Bonchev–Trinajstić information content (AvgIpc) is 3.64. The van der Waals surface area contributed by atoms with Crippen molar-refractivity contribution in [1.29, 1.82) is 0 Å². The number of hydrogen-bond donors (Lipinski definition) is 2. The molecule has 1 aliphatic rings. The molecule has 1 atom stereocenters. The zero-order chi connectivity index (χ0) is 50.5. The molecule has 6 aromatic carbocycles. The number of azo groups is 2. The summed E-state index contributed by atoms with van der Waals surface area (Å²) in [6.45, 7) is 3.84. The van der Waals surface area contributed by atoms with Gasteiger partial charge in [-0.25, -0.2) is 79.0 Å². The van der Waals surface area contributed by atoms with E-state index in [-0.39, 0.29) is 17.3 Å². The molecule has 69 heavy (non-hydrogen) atoms. The van der Waals surface area contributed by atoms with E-state index in [1.807, 2.05) is 13.8 Å². The quantitative estimate of drug-likeness (QED) is 0.0494. The van der Waals surface area contributed by atoms with Gasteiger partial charge >= 0.3 is 0 Å². The van der Waals surface area contributed by atoms with Crippen LogP contribution in [-0.2, 0) is 0 Å². The third-order valence-electron chi connectivity index (χ3n) is 11.1. The highest BCUT2D eigenvalue weighted by atomic mass is 19.2. The third kappa shape index (κ3) is 8.79. The molecule has 6 aromatic rings. The van der Waals surface area contributed by atoms with E-state index in [4.69, 9.17) is 0 Å². The van der Waals surface area contributed by atoms with Gasteiger partial charge in [0.05, 0.1) is 0 Å². The molecule has 0 aromatic heterocycles. The molecule has 6 nitrogen and oxygen atoms in total. The van der Waals surface area contributed by atoms with Crippen LogP contribution in [0.2, 0.25) is 0 Å². The van der Waals surface area contributed by atoms with E-state index in [1.54, 1.807) is 0 Å². The van der Waals surface area contributed by atoms with Gasteiger partial charge in [-0.2, -0.15) is 0 Å². The minimum absolute atomic E-state index is 0.00347. The second-order valence-corrected chi connectivity index (χ2v) is 15.3. The number of halogens is 18. The van der Waals surface area contributed by atoms with E-state index in [0.717, 1.165) is 12.8 Å². The Morgan fingerprint density at radius 1 is 0.406 bits per heavy atom. The van der Waals surface area contributed by atoms with Crippen LogP contribution in [0, 0.1) is 111 Å². The Morgan fingerprint density at radius 3 is 0.986 bits per heavy atom. The summed E-state index contributed by atoms with van der Waals surface area (Å²) in [4.78, 5) is 0. The normalized spacial score (nSPS) is 13.8. The van der Waals surface area contributed by atoms with Crippen molar-refractivity contribution in [1.82, 2.24) is 0 Å². The molecule has 0 fully saturated rings. The summed E-state index contributed by atoms with van der Waals surface area (Å²) < 4.78 is 260. The van der Waals surface area contributed by atoms with Gasteiger partial charge in [-0.3, -0.25) is 0 Å². The standard InChI is InChI=1S/C45H26F18N6/c1-3-5-6-14(4-2)11-19-20-12-15(64-40-32(56)36(60)44(37(61)33(40)57)68-66-42-28(52)24(48)22(46)25(49)29(42)53)7-9-17(20)18-10-8-16(13-21(18)19)65-41-34(58)38(62)45(39(63)35(41)59)69-67-43-30(54)26(50)23(47)27(51)31(43)55/h7-10,12-14,19,64-65H,3-6,11H2,1-2H3. The van der Waals surface area contributed by atoms with Crippen LogP contribution in [0.15, 0.2) is 56.9 Å². The minimum atomic E-state index is -2.60. The summed E-state index contributed by atoms with van der Waals surface area (Å²) in [5.41, 5.74) is -9.37. The number of rotatable bonds is 14. The number of nitrogens with zero attached hydrogens (tertiary/aromatic N) is 4. The molecule has 0 radical (unpaired) electrons. The minimum Gasteiger partial charge on any atom is -0.351 e. The van der Waals surface area contributed by atoms with Crippen molar-refractivity contribution in [2.75, 3.05) is 10.6 Å². The lowest BCUT2D eigenvalue weighted by Crippen LogP contribution is -2.08. The zero-order valence-corrected chi connectivity index (χ0v) is 34.7. The lowest BCUT2D eigenvalue weighted by atomic mass is 9.83. The van der Waals surface area contributed by atoms with Crippen molar-refractivity contribution in [3.05, 3.63) is 152 Å². The Kier molecular flexibility index (Phi) is 14.0. The topological polar surface area (TPSA) is 73.5 Å². The maximum Gasteiger partial charge on any atom is 0.200 e. The number of unbranched alkanes of at least 4 members (excludes halogenated alkanes) is 1. The molecule has 1 unspecified atom stereocenters. The van der Waals surface area contributed by atoms with Gasteiger partial charge in [0.2, 0.25) is 11.6 Å². The van der Waals surface area contributed by atoms with Gasteiger partial charge in [0.1, 0.15) is 11.4 Å². The highest BCUT2D eigenvalue weighted by molar-refractivity contribution is 5.84. The predicted octanol–water partition coefficient (Wildman–Crippen LogP) is 17.2. The summed E-state index contributed by atoms with van der Waals surface area (Å²) in [6, 6.07) is 8.06. The molecule has 24 heteroatoms. The molecule has 0 bridgehead atoms. The smallest absolute Gasteiger partial charge is 0.200 e. The molecule has 2 N–H and O–H groups in total. The molecule has 0 amide bonds. The zero-order valence-electron chi connectivity index (χ0n) is 34.7. The van der Waals surface area contributed by atoms with Gasteiger partial charge < -0.3 is 10.6 Å². The maximum absolute atomic E-state index is 15.4. The molecule has 0 saturated heterocycles. The van der Waals surface area contributed by atoms with E-state index in [9.17, 15) is 43.9 Å². The van der Waals surface area contributed by atoms with Crippen molar-refractivity contribution in [3.8, 4) is 11.1 Å². The fourth-order valence-corrected chi connectivity index (χ4v) is 7.57. The summed E-state index contributed by atoms with van der Waals surface area (Å²) in [7, 11) is 0. The molecule has 0 aliphatic heterocycles. The molecule has 0 spiro atoms. The fraction of sp³-hybridized carbons (Fsp3) is 0.200. The van der Waals surface area contributed by atoms with Crippen LogP contribution in [0.3, 0.4) is 0 Å². The van der Waals surface area contributed by atoms with E-state index in [2.05, 4.69) is 31.1 Å². The molecule has 7 rings (SSSR count). The van der Waals surface area contributed by atoms with Crippen molar-refractivity contribution >= 4 is 45.5 Å². The van der Waals surface area contributed by atoms with Crippen molar-refractivity contribution in [2.24, 2.45) is 26.4 Å². The summed E-state index contributed by atoms with van der Waals surface area (Å²) >= 11 is 0. The van der Waals surface area contributed by atoms with Crippen LogP contribution in [-0.4, -0.2) is 0 Å². The van der Waals surface area contributed by atoms with Gasteiger partial charge in [0.15, 0.2) is 116 Å². The first-order chi connectivity index (χ1) is 32.6. The van der Waals surface area contributed by atoms with Crippen molar-refractivity contribution in [3.63, 3.8) is 0 Å². The van der Waals surface area contributed by atoms with E-state index in [1.165, 1.54) is 36.4 Å². The second kappa shape index (κ2) is 19.5. The lowest BCUT2D eigenvalue weighted by molar-refractivity contribution is 0.380. The third-order valence-corrected chi connectivity index (χ3v) is 11.1. The maximum atomic E-state index is 15.4. The van der Waals surface area contributed by atoms with Gasteiger partial charge in [-0.15, -0.1) is 20.5 Å². The Labute approximate surface area is 376 Å². The van der Waals surface area contributed by atoms with Gasteiger partial charge in [0, 0.05) is 17.3 Å². The fourth-order valence-electron chi connectivity index (χ4n) is 7.57. The number of hydrogen-bond acceptors (Lipinski definition) is 6. The van der Waals surface area contributed by atoms with Gasteiger partial charge in [0.25, 0.3) is 0 Å². The van der Waals surface area contributed by atoms with Crippen LogP contribution < -0.4 is 10.6 Å². The molecule has 0 heterocycles. The molecule has 0 saturated carbocycles. The van der Waals surface area contributed by atoms with E-state index in [0.29, 0.717) is 41.5 Å². The number of nitrogens with one attached hydrogen (secondary N) is 2. The molecule has 1 aliphatic carbocycles. The Morgan fingerprint density at radius 2 is 0.696 bits per heavy atom. The lowest BCUT2D eigenvalue weighted by Gasteiger charge is -2.22. The highest BCUT2D eigenvalue weighted by Gasteiger charge is 2.34. The van der Waals surface area contributed by atoms with E-state index >= 15 is 35.1 Å². The van der Waals surface area contributed by atoms with E-state index < -0.39 is 145 Å². The number of fused-ring (bicyclic) bond motifs is 3. The Balaban J connectivity index is 1.22. The highest BCUT2D eigenvalue weighted by Crippen LogP contribution is 2.51.